The predicted molar refractivity (Wildman–Crippen MR) is 76.7 cm³/mol. The van der Waals surface area contributed by atoms with Crippen LogP contribution in [0, 0.1) is 0 Å². The molecule has 0 saturated carbocycles. The van der Waals surface area contributed by atoms with E-state index in [0.29, 0.717) is 0 Å². The Kier molecular flexibility index (Phi) is 4.73. The minimum absolute atomic E-state index is 0.806. The van der Waals surface area contributed by atoms with Crippen LogP contribution in [0.15, 0.2) is 42.7 Å². The zero-order valence-electron chi connectivity index (χ0n) is 10.5. The fourth-order valence-electron chi connectivity index (χ4n) is 1.80. The first-order chi connectivity index (χ1) is 8.81. The zero-order chi connectivity index (χ0) is 12.8. The molecule has 0 saturated heterocycles. The minimum atomic E-state index is 0.806. The number of nitrogens with zero attached hydrogens (tertiary/aromatic N) is 1. The maximum absolute atomic E-state index is 6.30. The Hall–Kier alpha value is -1.38. The van der Waals surface area contributed by atoms with Gasteiger partial charge in [0.2, 0.25) is 0 Å². The van der Waals surface area contributed by atoms with Gasteiger partial charge in [0.25, 0.3) is 0 Å². The number of nitrogens with one attached hydrogen (secondary N) is 1. The number of hydrogen-bond acceptors (Lipinski definition) is 2. The molecular formula is C15H17ClN2. The molecule has 0 amide bonds. The van der Waals surface area contributed by atoms with Gasteiger partial charge in [0.15, 0.2) is 0 Å². The number of aromatic nitrogens is 1. The van der Waals surface area contributed by atoms with Crippen LogP contribution in [0.2, 0.25) is 5.02 Å². The van der Waals surface area contributed by atoms with Crippen LogP contribution >= 0.6 is 11.6 Å². The van der Waals surface area contributed by atoms with E-state index in [2.05, 4.69) is 29.4 Å². The summed E-state index contributed by atoms with van der Waals surface area (Å²) in [6.07, 6.45) is 4.75. The average molecular weight is 261 g/mol. The SMILES string of the molecule is CCCNCc1ccc(-c2cccnc2)cc1Cl. The molecule has 2 nitrogen and oxygen atoms in total. The molecule has 0 spiro atoms. The van der Waals surface area contributed by atoms with E-state index in [0.717, 1.165) is 41.2 Å². The summed E-state index contributed by atoms with van der Waals surface area (Å²) in [6, 6.07) is 10.1. The number of hydrogen-bond donors (Lipinski definition) is 1. The van der Waals surface area contributed by atoms with Crippen molar-refractivity contribution in [2.45, 2.75) is 19.9 Å². The molecule has 3 heteroatoms. The first-order valence-electron chi connectivity index (χ1n) is 6.21. The molecule has 0 aliphatic rings. The molecule has 0 radical (unpaired) electrons. The third kappa shape index (κ3) is 3.31. The lowest BCUT2D eigenvalue weighted by molar-refractivity contribution is 0.675. The summed E-state index contributed by atoms with van der Waals surface area (Å²) in [4.78, 5) is 4.12. The van der Waals surface area contributed by atoms with E-state index in [1.807, 2.05) is 24.4 Å². The van der Waals surface area contributed by atoms with Gasteiger partial charge >= 0.3 is 0 Å². The number of benzene rings is 1. The van der Waals surface area contributed by atoms with E-state index < -0.39 is 0 Å². The Labute approximate surface area is 113 Å². The lowest BCUT2D eigenvalue weighted by atomic mass is 10.1. The molecule has 0 unspecified atom stereocenters. The molecule has 1 N–H and O–H groups in total. The first-order valence-corrected chi connectivity index (χ1v) is 6.58. The molecule has 1 aromatic carbocycles. The standard InChI is InChI=1S/C15H17ClN2/c1-2-7-17-11-14-6-5-12(9-15(14)16)13-4-3-8-18-10-13/h3-6,8-10,17H,2,7,11H2,1H3. The van der Waals surface area contributed by atoms with Crippen molar-refractivity contribution in [1.82, 2.24) is 10.3 Å². The molecule has 0 aliphatic heterocycles. The lowest BCUT2D eigenvalue weighted by Crippen LogP contribution is -2.13. The molecule has 0 aliphatic carbocycles. The molecule has 18 heavy (non-hydrogen) atoms. The molecule has 1 heterocycles. The van der Waals surface area contributed by atoms with E-state index >= 15 is 0 Å². The van der Waals surface area contributed by atoms with Crippen LogP contribution in [0.25, 0.3) is 11.1 Å². The van der Waals surface area contributed by atoms with Crippen molar-refractivity contribution in [1.29, 1.82) is 0 Å². The van der Waals surface area contributed by atoms with Gasteiger partial charge in [-0.3, -0.25) is 4.98 Å². The Morgan fingerprint density at radius 1 is 1.22 bits per heavy atom. The maximum atomic E-state index is 6.30. The molecule has 2 aromatic rings. The third-order valence-corrected chi connectivity index (χ3v) is 3.14. The number of rotatable bonds is 5. The largest absolute Gasteiger partial charge is 0.313 e. The van der Waals surface area contributed by atoms with E-state index in [1.54, 1.807) is 6.20 Å². The highest BCUT2D eigenvalue weighted by Crippen LogP contribution is 2.25. The highest BCUT2D eigenvalue weighted by atomic mass is 35.5. The third-order valence-electron chi connectivity index (χ3n) is 2.79. The Morgan fingerprint density at radius 3 is 2.78 bits per heavy atom. The molecule has 0 bridgehead atoms. The second kappa shape index (κ2) is 6.53. The van der Waals surface area contributed by atoms with Crippen molar-refractivity contribution in [3.8, 4) is 11.1 Å². The van der Waals surface area contributed by atoms with Crippen LogP contribution in [0.3, 0.4) is 0 Å². The zero-order valence-corrected chi connectivity index (χ0v) is 11.2. The summed E-state index contributed by atoms with van der Waals surface area (Å²) < 4.78 is 0. The normalized spacial score (nSPS) is 10.6. The van der Waals surface area contributed by atoms with E-state index in [-0.39, 0.29) is 0 Å². The van der Waals surface area contributed by atoms with Gasteiger partial charge in [0.05, 0.1) is 0 Å². The van der Waals surface area contributed by atoms with Gasteiger partial charge in [-0.1, -0.05) is 36.7 Å². The molecular weight excluding hydrogens is 244 g/mol. The summed E-state index contributed by atoms with van der Waals surface area (Å²) >= 11 is 6.30. The van der Waals surface area contributed by atoms with Gasteiger partial charge in [0, 0.05) is 29.5 Å². The van der Waals surface area contributed by atoms with Crippen LogP contribution in [-0.4, -0.2) is 11.5 Å². The fraction of sp³-hybridized carbons (Fsp3) is 0.267. The molecule has 94 valence electrons. The Bertz CT molecular complexity index is 497. The monoisotopic (exact) mass is 260 g/mol. The molecule has 1 aromatic heterocycles. The van der Waals surface area contributed by atoms with Gasteiger partial charge in [0.1, 0.15) is 0 Å². The van der Waals surface area contributed by atoms with Crippen molar-refractivity contribution in [3.63, 3.8) is 0 Å². The second-order valence-corrected chi connectivity index (χ2v) is 4.63. The highest BCUT2D eigenvalue weighted by molar-refractivity contribution is 6.31. The van der Waals surface area contributed by atoms with Crippen molar-refractivity contribution in [2.75, 3.05) is 6.54 Å². The minimum Gasteiger partial charge on any atom is -0.313 e. The molecule has 0 fully saturated rings. The van der Waals surface area contributed by atoms with E-state index in [9.17, 15) is 0 Å². The van der Waals surface area contributed by atoms with Crippen molar-refractivity contribution in [3.05, 3.63) is 53.3 Å². The quantitative estimate of drug-likeness (QED) is 0.825. The van der Waals surface area contributed by atoms with Gasteiger partial charge in [-0.2, -0.15) is 0 Å². The number of pyridine rings is 1. The lowest BCUT2D eigenvalue weighted by Gasteiger charge is -2.08. The Morgan fingerprint density at radius 2 is 2.11 bits per heavy atom. The smallest absolute Gasteiger partial charge is 0.0457 e. The molecule has 2 rings (SSSR count). The fourth-order valence-corrected chi connectivity index (χ4v) is 2.05. The van der Waals surface area contributed by atoms with Crippen LogP contribution in [0.1, 0.15) is 18.9 Å². The van der Waals surface area contributed by atoms with Gasteiger partial charge < -0.3 is 5.32 Å². The van der Waals surface area contributed by atoms with Gasteiger partial charge in [-0.05, 0) is 36.2 Å². The van der Waals surface area contributed by atoms with Crippen LogP contribution in [-0.2, 0) is 6.54 Å². The second-order valence-electron chi connectivity index (χ2n) is 4.22. The van der Waals surface area contributed by atoms with E-state index in [4.69, 9.17) is 11.6 Å². The summed E-state index contributed by atoms with van der Waals surface area (Å²) in [5.41, 5.74) is 3.33. The van der Waals surface area contributed by atoms with Crippen LogP contribution in [0.4, 0.5) is 0 Å². The first kappa shape index (κ1) is 13.1. The highest BCUT2D eigenvalue weighted by Gasteiger charge is 2.03. The number of halogens is 1. The summed E-state index contributed by atoms with van der Waals surface area (Å²) in [5, 5.41) is 4.16. The van der Waals surface area contributed by atoms with Gasteiger partial charge in [-0.25, -0.2) is 0 Å². The van der Waals surface area contributed by atoms with Gasteiger partial charge in [-0.15, -0.1) is 0 Å². The average Bonchev–Trinajstić information content (AvgIpc) is 2.42. The topological polar surface area (TPSA) is 24.9 Å². The summed E-state index contributed by atoms with van der Waals surface area (Å²) in [6.45, 7) is 3.99. The van der Waals surface area contributed by atoms with Crippen molar-refractivity contribution in [2.24, 2.45) is 0 Å². The van der Waals surface area contributed by atoms with Crippen molar-refractivity contribution >= 4 is 11.6 Å². The predicted octanol–water partition coefficient (Wildman–Crippen LogP) is 3.90. The maximum Gasteiger partial charge on any atom is 0.0457 e. The molecule has 0 atom stereocenters. The van der Waals surface area contributed by atoms with Crippen LogP contribution in [0.5, 0.6) is 0 Å². The summed E-state index contributed by atoms with van der Waals surface area (Å²) in [7, 11) is 0. The van der Waals surface area contributed by atoms with E-state index in [1.165, 1.54) is 0 Å². The van der Waals surface area contributed by atoms with Crippen molar-refractivity contribution < 1.29 is 0 Å². The summed E-state index contributed by atoms with van der Waals surface area (Å²) in [5.74, 6) is 0. The van der Waals surface area contributed by atoms with Crippen LogP contribution < -0.4 is 5.32 Å². The Balaban J connectivity index is 2.15.